The number of nitrogens with one attached hydrogen (secondary N) is 4. The quantitative estimate of drug-likeness (QED) is 0.351. The summed E-state index contributed by atoms with van der Waals surface area (Å²) in [7, 11) is 0. The van der Waals surface area contributed by atoms with Gasteiger partial charge in [-0.05, 0) is 43.0 Å². The molecule has 2 amide bonds. The number of aromatic hydroxyl groups is 1. The van der Waals surface area contributed by atoms with E-state index >= 15 is 0 Å². The summed E-state index contributed by atoms with van der Waals surface area (Å²) in [5.74, 6) is -1.95. The van der Waals surface area contributed by atoms with Crippen LogP contribution in [0.5, 0.6) is 5.88 Å². The molecule has 0 radical (unpaired) electrons. The minimum atomic E-state index is -0.560. The van der Waals surface area contributed by atoms with E-state index in [9.17, 15) is 14.0 Å². The highest BCUT2D eigenvalue weighted by molar-refractivity contribution is 6.00. The van der Waals surface area contributed by atoms with E-state index in [2.05, 4.69) is 30.9 Å². The van der Waals surface area contributed by atoms with Gasteiger partial charge in [0.05, 0.1) is 17.3 Å². The standard InChI is InChI=1S/C24H32FN5O4/c25-18-12-17(23(32)26-10-11-27-24(33)21-14-22(31)30-34-21)19(28-15-8-4-5-9-15)13-20(18)29-16-6-2-1-3-7-16/h12-16,28-29H,1-11H2,(H,26,32)(H,27,33)(H,30,31). The van der Waals surface area contributed by atoms with Crippen LogP contribution in [0, 0.1) is 5.82 Å². The first-order chi connectivity index (χ1) is 16.5. The summed E-state index contributed by atoms with van der Waals surface area (Å²) in [6, 6.07) is 4.61. The molecule has 1 aromatic heterocycles. The van der Waals surface area contributed by atoms with E-state index in [1.54, 1.807) is 6.07 Å². The molecule has 4 rings (SSSR count). The third-order valence-electron chi connectivity index (χ3n) is 6.45. The van der Waals surface area contributed by atoms with Crippen LogP contribution in [0.3, 0.4) is 0 Å². The fourth-order valence-electron chi connectivity index (χ4n) is 4.66. The zero-order valence-electron chi connectivity index (χ0n) is 19.2. The van der Waals surface area contributed by atoms with Crippen molar-refractivity contribution >= 4 is 23.2 Å². The lowest BCUT2D eigenvalue weighted by Crippen LogP contribution is -2.35. The van der Waals surface area contributed by atoms with Crippen LogP contribution in [-0.4, -0.2) is 47.3 Å². The predicted molar refractivity (Wildman–Crippen MR) is 126 cm³/mol. The van der Waals surface area contributed by atoms with Crippen LogP contribution in [0.15, 0.2) is 22.7 Å². The molecule has 5 N–H and O–H groups in total. The summed E-state index contributed by atoms with van der Waals surface area (Å²) < 4.78 is 19.7. The first kappa shape index (κ1) is 23.8. The fourth-order valence-corrected chi connectivity index (χ4v) is 4.66. The first-order valence-electron chi connectivity index (χ1n) is 12.1. The molecule has 9 nitrogen and oxygen atoms in total. The van der Waals surface area contributed by atoms with Crippen molar-refractivity contribution in [2.75, 3.05) is 23.7 Å². The Morgan fingerprint density at radius 2 is 1.47 bits per heavy atom. The van der Waals surface area contributed by atoms with Crippen LogP contribution in [0.4, 0.5) is 15.8 Å². The van der Waals surface area contributed by atoms with Crippen molar-refractivity contribution < 1.29 is 23.6 Å². The Morgan fingerprint density at radius 3 is 2.09 bits per heavy atom. The molecule has 2 aliphatic rings. The molecule has 0 aliphatic heterocycles. The summed E-state index contributed by atoms with van der Waals surface area (Å²) in [5, 5.41) is 24.5. The lowest BCUT2D eigenvalue weighted by molar-refractivity contribution is 0.0903. The first-order valence-corrected chi connectivity index (χ1v) is 12.1. The third-order valence-corrected chi connectivity index (χ3v) is 6.45. The fraction of sp³-hybridized carbons (Fsp3) is 0.542. The average molecular weight is 474 g/mol. The van der Waals surface area contributed by atoms with Crippen molar-refractivity contribution in [2.45, 2.75) is 69.9 Å². The molecule has 10 heteroatoms. The Bertz CT molecular complexity index is 999. The maximum Gasteiger partial charge on any atom is 0.290 e. The van der Waals surface area contributed by atoms with E-state index in [0.29, 0.717) is 11.4 Å². The summed E-state index contributed by atoms with van der Waals surface area (Å²) >= 11 is 0. The highest BCUT2D eigenvalue weighted by atomic mass is 19.1. The Kier molecular flexibility index (Phi) is 7.87. The molecule has 2 fully saturated rings. The summed E-state index contributed by atoms with van der Waals surface area (Å²) in [6.07, 6.45) is 9.85. The molecule has 0 unspecified atom stereocenters. The smallest absolute Gasteiger partial charge is 0.290 e. The average Bonchev–Trinajstić information content (AvgIpc) is 3.51. The Morgan fingerprint density at radius 1 is 0.882 bits per heavy atom. The van der Waals surface area contributed by atoms with Crippen LogP contribution < -0.4 is 21.3 Å². The van der Waals surface area contributed by atoms with Gasteiger partial charge in [0.2, 0.25) is 5.76 Å². The van der Waals surface area contributed by atoms with Crippen molar-refractivity contribution in [3.8, 4) is 5.88 Å². The van der Waals surface area contributed by atoms with Gasteiger partial charge in [0.1, 0.15) is 5.82 Å². The van der Waals surface area contributed by atoms with E-state index in [1.165, 1.54) is 12.5 Å². The second-order valence-electron chi connectivity index (χ2n) is 9.04. The van der Waals surface area contributed by atoms with Gasteiger partial charge in [0.25, 0.3) is 17.7 Å². The number of carbonyl (C=O) groups excluding carboxylic acids is 2. The monoisotopic (exact) mass is 473 g/mol. The number of hydrogen-bond donors (Lipinski definition) is 5. The summed E-state index contributed by atoms with van der Waals surface area (Å²) in [6.45, 7) is 0.262. The minimum Gasteiger partial charge on any atom is -0.491 e. The molecule has 2 aliphatic carbocycles. The maximum atomic E-state index is 15.0. The second kappa shape index (κ2) is 11.2. The van der Waals surface area contributed by atoms with E-state index in [4.69, 9.17) is 5.11 Å². The molecule has 184 valence electrons. The maximum absolute atomic E-state index is 15.0. The van der Waals surface area contributed by atoms with Crippen LogP contribution in [0.25, 0.3) is 0 Å². The van der Waals surface area contributed by atoms with Crippen molar-refractivity contribution in [2.24, 2.45) is 0 Å². The molecule has 0 bridgehead atoms. The highest BCUT2D eigenvalue weighted by Gasteiger charge is 2.22. The van der Waals surface area contributed by atoms with Crippen LogP contribution in [-0.2, 0) is 0 Å². The number of rotatable bonds is 9. The van der Waals surface area contributed by atoms with Gasteiger partial charge in [-0.2, -0.15) is 0 Å². The minimum absolute atomic E-state index is 0.126. The Labute approximate surface area is 197 Å². The van der Waals surface area contributed by atoms with Crippen molar-refractivity contribution in [1.29, 1.82) is 0 Å². The van der Waals surface area contributed by atoms with E-state index in [-0.39, 0.29) is 42.4 Å². The lowest BCUT2D eigenvalue weighted by Gasteiger charge is -2.25. The molecule has 34 heavy (non-hydrogen) atoms. The van der Waals surface area contributed by atoms with Gasteiger partial charge in [-0.3, -0.25) is 9.59 Å². The molecule has 0 spiro atoms. The van der Waals surface area contributed by atoms with Crippen molar-refractivity contribution in [3.05, 3.63) is 35.3 Å². The van der Waals surface area contributed by atoms with E-state index in [0.717, 1.165) is 57.4 Å². The van der Waals surface area contributed by atoms with Crippen LogP contribution in [0.2, 0.25) is 0 Å². The molecule has 0 atom stereocenters. The molecular formula is C24H32FN5O4. The van der Waals surface area contributed by atoms with Gasteiger partial charge in [0.15, 0.2) is 0 Å². The van der Waals surface area contributed by atoms with Gasteiger partial charge in [-0.25, -0.2) is 4.39 Å². The molecule has 2 aromatic rings. The van der Waals surface area contributed by atoms with Gasteiger partial charge in [0, 0.05) is 30.9 Å². The number of amides is 2. The molecule has 2 saturated carbocycles. The van der Waals surface area contributed by atoms with E-state index < -0.39 is 17.6 Å². The number of halogens is 1. The zero-order valence-corrected chi connectivity index (χ0v) is 19.2. The number of anilines is 2. The molecule has 0 saturated heterocycles. The third kappa shape index (κ3) is 6.18. The number of nitrogens with zero attached hydrogens (tertiary/aromatic N) is 1. The van der Waals surface area contributed by atoms with Gasteiger partial charge < -0.3 is 30.9 Å². The van der Waals surface area contributed by atoms with Crippen LogP contribution >= 0.6 is 0 Å². The zero-order chi connectivity index (χ0) is 23.9. The summed E-state index contributed by atoms with van der Waals surface area (Å²) in [4.78, 5) is 24.8. The molecule has 1 aromatic carbocycles. The number of benzene rings is 1. The number of aromatic nitrogens is 1. The Balaban J connectivity index is 1.40. The number of hydrogen-bond acceptors (Lipinski definition) is 7. The van der Waals surface area contributed by atoms with Crippen molar-refractivity contribution in [3.63, 3.8) is 0 Å². The Hall–Kier alpha value is -3.30. The SMILES string of the molecule is O=C(NCCNC(=O)c1cc(F)c(NC2CCCCC2)cc1NC1CCCC1)c1cc(O)no1. The molecule has 1 heterocycles. The van der Waals surface area contributed by atoms with Gasteiger partial charge in [-0.1, -0.05) is 32.1 Å². The molecular weight excluding hydrogens is 441 g/mol. The number of carbonyl (C=O) groups is 2. The van der Waals surface area contributed by atoms with Crippen molar-refractivity contribution in [1.82, 2.24) is 15.8 Å². The highest BCUT2D eigenvalue weighted by Crippen LogP contribution is 2.31. The topological polar surface area (TPSA) is 129 Å². The second-order valence-corrected chi connectivity index (χ2v) is 9.04. The largest absolute Gasteiger partial charge is 0.491 e. The normalized spacial score (nSPS) is 16.9. The van der Waals surface area contributed by atoms with Crippen LogP contribution in [0.1, 0.15) is 78.7 Å². The summed E-state index contributed by atoms with van der Waals surface area (Å²) in [5.41, 5.74) is 1.28. The van der Waals surface area contributed by atoms with E-state index in [1.807, 2.05) is 0 Å². The van der Waals surface area contributed by atoms with Gasteiger partial charge >= 0.3 is 0 Å². The lowest BCUT2D eigenvalue weighted by atomic mass is 9.95. The van der Waals surface area contributed by atoms with Gasteiger partial charge in [-0.15, -0.1) is 0 Å². The predicted octanol–water partition coefficient (Wildman–Crippen LogP) is 3.78.